The lowest BCUT2D eigenvalue weighted by Gasteiger charge is -1.95. The number of nitrogens with zero attached hydrogens (tertiary/aromatic N) is 1. The number of hydrogen-bond donors (Lipinski definition) is 1. The topological polar surface area (TPSA) is 48.1 Å². The minimum atomic E-state index is 0.454. The average molecular weight is 124 g/mol. The first-order chi connectivity index (χ1) is 4.33. The molecule has 3 heteroatoms. The fourth-order valence-corrected chi connectivity index (χ4v) is 0.573. The summed E-state index contributed by atoms with van der Waals surface area (Å²) in [7, 11) is 0. The van der Waals surface area contributed by atoms with Crippen LogP contribution in [0.3, 0.4) is 0 Å². The first-order valence-electron chi connectivity index (χ1n) is 2.62. The molecule has 1 aromatic rings. The molecule has 0 radical (unpaired) electrons. The molecule has 0 amide bonds. The number of aromatic nitrogens is 1. The highest BCUT2D eigenvalue weighted by Gasteiger charge is 1.89. The van der Waals surface area contributed by atoms with Crippen LogP contribution in [-0.2, 0) is 0 Å². The molecule has 9 heavy (non-hydrogen) atoms. The second-order valence-corrected chi connectivity index (χ2v) is 1.79. The van der Waals surface area contributed by atoms with Gasteiger partial charge in [0, 0.05) is 12.3 Å². The van der Waals surface area contributed by atoms with Crippen molar-refractivity contribution in [3.05, 3.63) is 23.9 Å². The Hall–Kier alpha value is -1.09. The molecule has 0 aliphatic carbocycles. The lowest BCUT2D eigenvalue weighted by molar-refractivity contribution is 0.320. The van der Waals surface area contributed by atoms with Gasteiger partial charge in [0.15, 0.2) is 0 Å². The molecular formula is C6H8N2O. The number of aryl methyl sites for hydroxylation is 1. The van der Waals surface area contributed by atoms with Crippen LogP contribution in [0.1, 0.15) is 5.56 Å². The molecular weight excluding hydrogens is 116 g/mol. The Kier molecular flexibility index (Phi) is 1.65. The summed E-state index contributed by atoms with van der Waals surface area (Å²) < 4.78 is 0. The Bertz CT molecular complexity index is 200. The molecule has 1 heterocycles. The van der Waals surface area contributed by atoms with Crippen molar-refractivity contribution < 1.29 is 4.84 Å². The van der Waals surface area contributed by atoms with E-state index in [1.807, 2.05) is 13.0 Å². The van der Waals surface area contributed by atoms with E-state index in [0.29, 0.717) is 5.88 Å². The van der Waals surface area contributed by atoms with Gasteiger partial charge in [0.2, 0.25) is 5.88 Å². The summed E-state index contributed by atoms with van der Waals surface area (Å²) >= 11 is 0. The SMILES string of the molecule is Cc1ccnc(ON)c1. The molecule has 0 saturated carbocycles. The maximum atomic E-state index is 4.86. The van der Waals surface area contributed by atoms with Crippen LogP contribution in [0.5, 0.6) is 5.88 Å². The van der Waals surface area contributed by atoms with E-state index in [1.54, 1.807) is 12.3 Å². The molecule has 0 aliphatic heterocycles. The maximum Gasteiger partial charge on any atom is 0.237 e. The van der Waals surface area contributed by atoms with Gasteiger partial charge < -0.3 is 4.84 Å². The minimum absolute atomic E-state index is 0.454. The van der Waals surface area contributed by atoms with Gasteiger partial charge in [-0.25, -0.2) is 4.98 Å². The normalized spacial score (nSPS) is 9.11. The Labute approximate surface area is 53.4 Å². The Balaban J connectivity index is 2.94. The molecule has 1 aromatic heterocycles. The number of nitrogens with two attached hydrogens (primary N) is 1. The largest absolute Gasteiger partial charge is 0.391 e. The molecule has 1 rings (SSSR count). The number of pyridine rings is 1. The summed E-state index contributed by atoms with van der Waals surface area (Å²) in [6.45, 7) is 1.95. The smallest absolute Gasteiger partial charge is 0.237 e. The van der Waals surface area contributed by atoms with Crippen LogP contribution in [0.25, 0.3) is 0 Å². The van der Waals surface area contributed by atoms with Gasteiger partial charge in [-0.15, -0.1) is 0 Å². The summed E-state index contributed by atoms with van der Waals surface area (Å²) in [5, 5.41) is 0. The van der Waals surface area contributed by atoms with Gasteiger partial charge in [-0.1, -0.05) is 0 Å². The van der Waals surface area contributed by atoms with E-state index >= 15 is 0 Å². The zero-order valence-electron chi connectivity index (χ0n) is 5.16. The first kappa shape index (κ1) is 6.04. The molecule has 0 fully saturated rings. The third-order valence-electron chi connectivity index (χ3n) is 1.01. The van der Waals surface area contributed by atoms with Crippen LogP contribution in [0, 0.1) is 6.92 Å². The summed E-state index contributed by atoms with van der Waals surface area (Å²) in [5.41, 5.74) is 1.09. The van der Waals surface area contributed by atoms with Gasteiger partial charge in [-0.05, 0) is 18.6 Å². The molecule has 0 bridgehead atoms. The summed E-state index contributed by atoms with van der Waals surface area (Å²) in [4.78, 5) is 8.19. The van der Waals surface area contributed by atoms with Gasteiger partial charge in [-0.3, -0.25) is 0 Å². The molecule has 0 saturated heterocycles. The first-order valence-corrected chi connectivity index (χ1v) is 2.62. The molecule has 0 unspecified atom stereocenters. The summed E-state index contributed by atoms with van der Waals surface area (Å²) in [6.07, 6.45) is 1.65. The molecule has 0 aromatic carbocycles. The summed E-state index contributed by atoms with van der Waals surface area (Å²) in [5.74, 6) is 5.31. The molecule has 3 nitrogen and oxygen atoms in total. The van der Waals surface area contributed by atoms with Crippen molar-refractivity contribution in [3.8, 4) is 5.88 Å². The molecule has 48 valence electrons. The van der Waals surface area contributed by atoms with Gasteiger partial charge in [0.1, 0.15) is 0 Å². The van der Waals surface area contributed by atoms with Crippen molar-refractivity contribution in [2.24, 2.45) is 5.90 Å². The Morgan fingerprint density at radius 3 is 2.89 bits per heavy atom. The molecule has 0 aliphatic rings. The Morgan fingerprint density at radius 2 is 2.44 bits per heavy atom. The van der Waals surface area contributed by atoms with Crippen LogP contribution in [0.15, 0.2) is 18.3 Å². The van der Waals surface area contributed by atoms with Crippen molar-refractivity contribution in [1.29, 1.82) is 0 Å². The van der Waals surface area contributed by atoms with E-state index in [9.17, 15) is 0 Å². The van der Waals surface area contributed by atoms with Crippen LogP contribution in [0.4, 0.5) is 0 Å². The van der Waals surface area contributed by atoms with Gasteiger partial charge in [0.25, 0.3) is 0 Å². The second kappa shape index (κ2) is 2.46. The predicted octanol–water partition coefficient (Wildman–Crippen LogP) is 0.643. The molecule has 0 atom stereocenters. The number of rotatable bonds is 1. The van der Waals surface area contributed by atoms with Crippen molar-refractivity contribution >= 4 is 0 Å². The van der Waals surface area contributed by atoms with Gasteiger partial charge in [-0.2, -0.15) is 5.90 Å². The van der Waals surface area contributed by atoms with Crippen molar-refractivity contribution in [1.82, 2.24) is 4.98 Å². The van der Waals surface area contributed by atoms with Crippen molar-refractivity contribution in [3.63, 3.8) is 0 Å². The monoisotopic (exact) mass is 124 g/mol. The van der Waals surface area contributed by atoms with Gasteiger partial charge >= 0.3 is 0 Å². The molecule has 2 N–H and O–H groups in total. The van der Waals surface area contributed by atoms with E-state index in [1.165, 1.54) is 0 Å². The van der Waals surface area contributed by atoms with Crippen LogP contribution in [-0.4, -0.2) is 4.98 Å². The van der Waals surface area contributed by atoms with E-state index in [0.717, 1.165) is 5.56 Å². The third kappa shape index (κ3) is 1.40. The fraction of sp³-hybridized carbons (Fsp3) is 0.167. The third-order valence-corrected chi connectivity index (χ3v) is 1.01. The Morgan fingerprint density at radius 1 is 1.67 bits per heavy atom. The zero-order chi connectivity index (χ0) is 6.69. The van der Waals surface area contributed by atoms with Crippen LogP contribution >= 0.6 is 0 Å². The van der Waals surface area contributed by atoms with Crippen LogP contribution in [0.2, 0.25) is 0 Å². The quantitative estimate of drug-likeness (QED) is 0.559. The number of hydrogen-bond acceptors (Lipinski definition) is 3. The highest BCUT2D eigenvalue weighted by molar-refractivity contribution is 5.18. The van der Waals surface area contributed by atoms with Gasteiger partial charge in [0.05, 0.1) is 0 Å². The molecule has 0 spiro atoms. The minimum Gasteiger partial charge on any atom is -0.391 e. The van der Waals surface area contributed by atoms with Crippen molar-refractivity contribution in [2.45, 2.75) is 6.92 Å². The van der Waals surface area contributed by atoms with E-state index in [-0.39, 0.29) is 0 Å². The lowest BCUT2D eigenvalue weighted by Crippen LogP contribution is -2.03. The highest BCUT2D eigenvalue weighted by Crippen LogP contribution is 2.04. The van der Waals surface area contributed by atoms with E-state index in [2.05, 4.69) is 9.82 Å². The average Bonchev–Trinajstić information content (AvgIpc) is 1.88. The predicted molar refractivity (Wildman–Crippen MR) is 33.8 cm³/mol. The summed E-state index contributed by atoms with van der Waals surface area (Å²) in [6, 6.07) is 3.64. The second-order valence-electron chi connectivity index (χ2n) is 1.79. The van der Waals surface area contributed by atoms with E-state index < -0.39 is 0 Å². The zero-order valence-corrected chi connectivity index (χ0v) is 5.16. The fourth-order valence-electron chi connectivity index (χ4n) is 0.573. The standard InChI is InChI=1S/C6H8N2O/c1-5-2-3-8-6(4-5)9-7/h2-4H,7H2,1H3. The van der Waals surface area contributed by atoms with Crippen LogP contribution < -0.4 is 10.7 Å². The highest BCUT2D eigenvalue weighted by atomic mass is 16.6. The maximum absolute atomic E-state index is 4.86. The van der Waals surface area contributed by atoms with E-state index in [4.69, 9.17) is 5.90 Å². The van der Waals surface area contributed by atoms with Crippen molar-refractivity contribution in [2.75, 3.05) is 0 Å². The lowest BCUT2D eigenvalue weighted by atomic mass is 10.3.